The average Bonchev–Trinajstić information content (AvgIpc) is 2.19. The van der Waals surface area contributed by atoms with Gasteiger partial charge in [-0.15, -0.1) is 0 Å². The van der Waals surface area contributed by atoms with E-state index in [0.717, 1.165) is 11.1 Å². The van der Waals surface area contributed by atoms with Gasteiger partial charge in [0.2, 0.25) is 0 Å². The van der Waals surface area contributed by atoms with E-state index in [2.05, 4.69) is 0 Å². The fourth-order valence-corrected chi connectivity index (χ4v) is 1.12. The van der Waals surface area contributed by atoms with E-state index in [1.54, 1.807) is 6.92 Å². The summed E-state index contributed by atoms with van der Waals surface area (Å²) in [7, 11) is 0. The molecule has 3 N–H and O–H groups in total. The summed E-state index contributed by atoms with van der Waals surface area (Å²) in [6, 6.07) is 9.90. The van der Waals surface area contributed by atoms with Gasteiger partial charge in [0.1, 0.15) is 0 Å². The Balaban J connectivity index is 2.89. The third kappa shape index (κ3) is 2.69. The van der Waals surface area contributed by atoms with Gasteiger partial charge in [0.15, 0.2) is 0 Å². The molecule has 14 heavy (non-hydrogen) atoms. The van der Waals surface area contributed by atoms with Crippen molar-refractivity contribution in [3.63, 3.8) is 0 Å². The lowest BCUT2D eigenvalue weighted by Gasteiger charge is -2.22. The zero-order chi connectivity index (χ0) is 10.6. The Morgan fingerprint density at radius 1 is 1.43 bits per heavy atom. The van der Waals surface area contributed by atoms with Crippen molar-refractivity contribution in [3.8, 4) is 0 Å². The largest absolute Gasteiger partial charge is 0.384 e. The van der Waals surface area contributed by atoms with Gasteiger partial charge in [-0.05, 0) is 25.0 Å². The molecule has 0 aliphatic heterocycles. The Morgan fingerprint density at radius 2 is 2.00 bits per heavy atom. The highest BCUT2D eigenvalue weighted by Crippen LogP contribution is 2.17. The van der Waals surface area contributed by atoms with Crippen molar-refractivity contribution < 1.29 is 5.11 Å². The summed E-state index contributed by atoms with van der Waals surface area (Å²) in [5.41, 5.74) is 6.53. The zero-order valence-electron chi connectivity index (χ0n) is 8.70. The van der Waals surface area contributed by atoms with Crippen LogP contribution in [0.15, 0.2) is 35.9 Å². The van der Waals surface area contributed by atoms with Crippen LogP contribution >= 0.6 is 0 Å². The molecule has 76 valence electrons. The van der Waals surface area contributed by atoms with E-state index in [9.17, 15) is 5.11 Å². The second-order valence-corrected chi connectivity index (χ2v) is 3.72. The standard InChI is InChI=1S/C12H17NO/c1-10(12(2,14)9-13)8-11-6-4-3-5-7-11/h3-8,14H,9,13H2,1-2H3/b10-8+. The van der Waals surface area contributed by atoms with Gasteiger partial charge in [-0.3, -0.25) is 0 Å². The number of benzene rings is 1. The second kappa shape index (κ2) is 4.40. The van der Waals surface area contributed by atoms with E-state index in [1.165, 1.54) is 0 Å². The van der Waals surface area contributed by atoms with E-state index in [0.29, 0.717) is 0 Å². The SMILES string of the molecule is C/C(=C\c1ccccc1)C(C)(O)CN. The van der Waals surface area contributed by atoms with Crippen LogP contribution in [0.5, 0.6) is 0 Å². The summed E-state index contributed by atoms with van der Waals surface area (Å²) in [5, 5.41) is 9.86. The smallest absolute Gasteiger partial charge is 0.0950 e. The van der Waals surface area contributed by atoms with Gasteiger partial charge in [-0.2, -0.15) is 0 Å². The summed E-state index contributed by atoms with van der Waals surface area (Å²) >= 11 is 0. The third-order valence-electron chi connectivity index (χ3n) is 2.43. The molecule has 0 saturated heterocycles. The number of rotatable bonds is 3. The monoisotopic (exact) mass is 191 g/mol. The molecule has 0 fully saturated rings. The minimum atomic E-state index is -0.907. The molecule has 0 spiro atoms. The normalized spacial score (nSPS) is 16.4. The van der Waals surface area contributed by atoms with Crippen molar-refractivity contribution >= 4 is 6.08 Å². The first kappa shape index (κ1) is 11.0. The highest BCUT2D eigenvalue weighted by molar-refractivity contribution is 5.54. The average molecular weight is 191 g/mol. The maximum atomic E-state index is 9.86. The molecule has 0 saturated carbocycles. The van der Waals surface area contributed by atoms with Crippen molar-refractivity contribution in [3.05, 3.63) is 41.5 Å². The maximum absolute atomic E-state index is 9.86. The molecule has 1 rings (SSSR count). The molecule has 1 aromatic carbocycles. The highest BCUT2D eigenvalue weighted by Gasteiger charge is 2.19. The maximum Gasteiger partial charge on any atom is 0.0950 e. The Bertz CT molecular complexity index is 314. The van der Waals surface area contributed by atoms with E-state index in [1.807, 2.05) is 43.3 Å². The second-order valence-electron chi connectivity index (χ2n) is 3.72. The number of nitrogens with two attached hydrogens (primary N) is 1. The molecule has 1 atom stereocenters. The van der Waals surface area contributed by atoms with Crippen molar-refractivity contribution in [1.29, 1.82) is 0 Å². The zero-order valence-corrected chi connectivity index (χ0v) is 8.70. The lowest BCUT2D eigenvalue weighted by molar-refractivity contribution is 0.109. The third-order valence-corrected chi connectivity index (χ3v) is 2.43. The van der Waals surface area contributed by atoms with Crippen molar-refractivity contribution in [1.82, 2.24) is 0 Å². The van der Waals surface area contributed by atoms with Crippen LogP contribution in [-0.4, -0.2) is 17.3 Å². The van der Waals surface area contributed by atoms with Gasteiger partial charge in [-0.25, -0.2) is 0 Å². The summed E-state index contributed by atoms with van der Waals surface area (Å²) < 4.78 is 0. The highest BCUT2D eigenvalue weighted by atomic mass is 16.3. The van der Waals surface area contributed by atoms with Crippen molar-refractivity contribution in [2.24, 2.45) is 5.73 Å². The lowest BCUT2D eigenvalue weighted by Crippen LogP contribution is -2.35. The van der Waals surface area contributed by atoms with Crippen LogP contribution in [0.4, 0.5) is 0 Å². The first-order valence-electron chi connectivity index (χ1n) is 4.72. The van der Waals surface area contributed by atoms with Crippen LogP contribution in [0.25, 0.3) is 6.08 Å². The van der Waals surface area contributed by atoms with Gasteiger partial charge in [-0.1, -0.05) is 36.4 Å². The van der Waals surface area contributed by atoms with Gasteiger partial charge >= 0.3 is 0 Å². The molecule has 0 amide bonds. The van der Waals surface area contributed by atoms with Gasteiger partial charge in [0.05, 0.1) is 5.60 Å². The number of hydrogen-bond donors (Lipinski definition) is 2. The van der Waals surface area contributed by atoms with Crippen LogP contribution in [0.2, 0.25) is 0 Å². The predicted octanol–water partition coefficient (Wildman–Crippen LogP) is 1.80. The molecule has 1 unspecified atom stereocenters. The molecule has 0 radical (unpaired) electrons. The molecule has 0 aliphatic rings. The molecular formula is C12H17NO. The van der Waals surface area contributed by atoms with Crippen LogP contribution < -0.4 is 5.73 Å². The lowest BCUT2D eigenvalue weighted by atomic mass is 9.95. The molecule has 2 nitrogen and oxygen atoms in total. The Morgan fingerprint density at radius 3 is 2.50 bits per heavy atom. The van der Waals surface area contributed by atoms with E-state index in [4.69, 9.17) is 5.73 Å². The Kier molecular flexibility index (Phi) is 3.44. The number of aliphatic hydroxyl groups is 1. The summed E-state index contributed by atoms with van der Waals surface area (Å²) in [6.45, 7) is 3.85. The summed E-state index contributed by atoms with van der Waals surface area (Å²) in [6.07, 6.45) is 1.95. The van der Waals surface area contributed by atoms with Crippen molar-refractivity contribution in [2.75, 3.05) is 6.54 Å². The quantitative estimate of drug-likeness (QED) is 0.765. The Labute approximate surface area is 85.1 Å². The topological polar surface area (TPSA) is 46.2 Å². The first-order valence-corrected chi connectivity index (χ1v) is 4.72. The Hall–Kier alpha value is -1.12. The molecule has 0 aromatic heterocycles. The van der Waals surface area contributed by atoms with Crippen molar-refractivity contribution in [2.45, 2.75) is 19.4 Å². The van der Waals surface area contributed by atoms with Crippen LogP contribution in [0.3, 0.4) is 0 Å². The first-order chi connectivity index (χ1) is 6.56. The molecule has 2 heteroatoms. The van der Waals surface area contributed by atoms with Crippen LogP contribution in [-0.2, 0) is 0 Å². The van der Waals surface area contributed by atoms with Gasteiger partial charge in [0.25, 0.3) is 0 Å². The fourth-order valence-electron chi connectivity index (χ4n) is 1.12. The minimum Gasteiger partial charge on any atom is -0.384 e. The van der Waals surface area contributed by atoms with Crippen LogP contribution in [0.1, 0.15) is 19.4 Å². The van der Waals surface area contributed by atoms with E-state index in [-0.39, 0.29) is 6.54 Å². The summed E-state index contributed by atoms with van der Waals surface area (Å²) in [4.78, 5) is 0. The minimum absolute atomic E-state index is 0.238. The molecule has 0 aliphatic carbocycles. The molecule has 0 bridgehead atoms. The fraction of sp³-hybridized carbons (Fsp3) is 0.333. The van der Waals surface area contributed by atoms with Crippen LogP contribution in [0, 0.1) is 0 Å². The summed E-state index contributed by atoms with van der Waals surface area (Å²) in [5.74, 6) is 0. The number of hydrogen-bond acceptors (Lipinski definition) is 2. The van der Waals surface area contributed by atoms with Gasteiger partial charge < -0.3 is 10.8 Å². The molecular weight excluding hydrogens is 174 g/mol. The van der Waals surface area contributed by atoms with E-state index < -0.39 is 5.60 Å². The molecule has 1 aromatic rings. The predicted molar refractivity (Wildman–Crippen MR) is 59.8 cm³/mol. The van der Waals surface area contributed by atoms with E-state index >= 15 is 0 Å². The molecule has 0 heterocycles. The van der Waals surface area contributed by atoms with Gasteiger partial charge in [0, 0.05) is 6.54 Å².